The number of hydrogen-bond donors (Lipinski definition) is 1. The average Bonchev–Trinajstić information content (AvgIpc) is 2.39. The number of nitrogens with zero attached hydrogens (tertiary/aromatic N) is 2. The lowest BCUT2D eigenvalue weighted by Gasteiger charge is -2.26. The minimum Gasteiger partial charge on any atom is -0.383 e. The van der Waals surface area contributed by atoms with E-state index in [0.717, 1.165) is 38.4 Å². The zero-order chi connectivity index (χ0) is 13.0. The first-order chi connectivity index (χ1) is 8.70. The maximum atomic E-state index is 10.8. The summed E-state index contributed by atoms with van der Waals surface area (Å²) in [7, 11) is 1.70. The van der Waals surface area contributed by atoms with Gasteiger partial charge in [-0.2, -0.15) is 0 Å². The van der Waals surface area contributed by atoms with Gasteiger partial charge in [-0.05, 0) is 11.6 Å². The maximum Gasteiger partial charge on any atom is 0.292 e. The van der Waals surface area contributed by atoms with Crippen molar-refractivity contribution in [3.05, 3.63) is 33.9 Å². The Balaban J connectivity index is 2.11. The van der Waals surface area contributed by atoms with Crippen LogP contribution >= 0.6 is 0 Å². The molecule has 1 aliphatic rings. The molecule has 1 saturated heterocycles. The quantitative estimate of drug-likeness (QED) is 0.648. The molecule has 0 saturated carbocycles. The van der Waals surface area contributed by atoms with Crippen LogP contribution < -0.4 is 5.32 Å². The third-order valence-electron chi connectivity index (χ3n) is 3.04. The molecular weight excluding hydrogens is 234 g/mol. The number of hydrogen-bond acceptors (Lipinski definition) is 5. The number of rotatable bonds is 4. The minimum absolute atomic E-state index is 0.114. The normalized spacial score (nSPS) is 16.5. The Bertz CT molecular complexity index is 431. The van der Waals surface area contributed by atoms with Crippen LogP contribution in [0.3, 0.4) is 0 Å². The van der Waals surface area contributed by atoms with Crippen molar-refractivity contribution in [1.29, 1.82) is 0 Å². The summed E-state index contributed by atoms with van der Waals surface area (Å²) in [5.41, 5.74) is 1.75. The van der Waals surface area contributed by atoms with Gasteiger partial charge in [-0.1, -0.05) is 6.07 Å². The smallest absolute Gasteiger partial charge is 0.292 e. The number of nitro groups is 1. The van der Waals surface area contributed by atoms with Crippen molar-refractivity contribution in [3.63, 3.8) is 0 Å². The van der Waals surface area contributed by atoms with Crippen LogP contribution in [-0.4, -0.2) is 43.2 Å². The molecule has 0 atom stereocenters. The molecule has 1 N–H and O–H groups in total. The highest BCUT2D eigenvalue weighted by Crippen LogP contribution is 2.25. The fourth-order valence-corrected chi connectivity index (χ4v) is 2.06. The second kappa shape index (κ2) is 5.79. The summed E-state index contributed by atoms with van der Waals surface area (Å²) in [6.45, 7) is 4.13. The van der Waals surface area contributed by atoms with Gasteiger partial charge in [-0.3, -0.25) is 15.0 Å². The van der Waals surface area contributed by atoms with E-state index < -0.39 is 0 Å². The van der Waals surface area contributed by atoms with Crippen molar-refractivity contribution < 1.29 is 9.66 Å². The third kappa shape index (κ3) is 2.96. The van der Waals surface area contributed by atoms with Crippen LogP contribution in [0, 0.1) is 10.1 Å². The monoisotopic (exact) mass is 251 g/mol. The van der Waals surface area contributed by atoms with Crippen LogP contribution in [0.25, 0.3) is 0 Å². The molecule has 98 valence electrons. The summed E-state index contributed by atoms with van der Waals surface area (Å²) in [6, 6.07) is 5.21. The van der Waals surface area contributed by atoms with E-state index in [1.807, 2.05) is 12.1 Å². The Morgan fingerprint density at radius 2 is 2.17 bits per heavy atom. The van der Waals surface area contributed by atoms with E-state index in [4.69, 9.17) is 4.74 Å². The van der Waals surface area contributed by atoms with E-state index in [9.17, 15) is 10.1 Å². The molecule has 0 radical (unpaired) electrons. The van der Waals surface area contributed by atoms with Crippen LogP contribution in [0.5, 0.6) is 0 Å². The van der Waals surface area contributed by atoms with E-state index in [1.165, 1.54) is 0 Å². The number of nitro benzene ring substituents is 1. The molecule has 6 nitrogen and oxygen atoms in total. The van der Waals surface area contributed by atoms with Crippen molar-refractivity contribution in [2.24, 2.45) is 0 Å². The zero-order valence-electron chi connectivity index (χ0n) is 10.4. The molecule has 2 rings (SSSR count). The summed E-state index contributed by atoms with van der Waals surface area (Å²) >= 11 is 0. The number of benzene rings is 1. The number of anilines is 1. The molecule has 0 aromatic heterocycles. The van der Waals surface area contributed by atoms with Gasteiger partial charge in [0.15, 0.2) is 0 Å². The van der Waals surface area contributed by atoms with Crippen LogP contribution in [0.15, 0.2) is 18.2 Å². The SMILES string of the molecule is CNc1cc(CN2CCOCC2)ccc1[N+](=O)[O-]. The Kier molecular flexibility index (Phi) is 4.11. The van der Waals surface area contributed by atoms with Gasteiger partial charge in [0.1, 0.15) is 5.69 Å². The Morgan fingerprint density at radius 1 is 1.44 bits per heavy atom. The van der Waals surface area contributed by atoms with Crippen LogP contribution in [0.2, 0.25) is 0 Å². The summed E-state index contributed by atoms with van der Waals surface area (Å²) in [5.74, 6) is 0. The molecule has 6 heteroatoms. The molecule has 0 unspecified atom stereocenters. The van der Waals surface area contributed by atoms with E-state index in [2.05, 4.69) is 10.2 Å². The first kappa shape index (κ1) is 12.8. The Morgan fingerprint density at radius 3 is 2.78 bits per heavy atom. The van der Waals surface area contributed by atoms with E-state index in [0.29, 0.717) is 5.69 Å². The van der Waals surface area contributed by atoms with E-state index >= 15 is 0 Å². The minimum atomic E-state index is -0.371. The molecule has 1 fully saturated rings. The molecular formula is C12H17N3O3. The Hall–Kier alpha value is -1.66. The fourth-order valence-electron chi connectivity index (χ4n) is 2.06. The van der Waals surface area contributed by atoms with Gasteiger partial charge < -0.3 is 10.1 Å². The average molecular weight is 251 g/mol. The van der Waals surface area contributed by atoms with Crippen molar-refractivity contribution in [2.75, 3.05) is 38.7 Å². The van der Waals surface area contributed by atoms with Gasteiger partial charge >= 0.3 is 0 Å². The zero-order valence-corrected chi connectivity index (χ0v) is 10.4. The lowest BCUT2D eigenvalue weighted by Crippen LogP contribution is -2.35. The highest BCUT2D eigenvalue weighted by molar-refractivity contribution is 5.62. The molecule has 1 heterocycles. The summed E-state index contributed by atoms with van der Waals surface area (Å²) in [4.78, 5) is 12.7. The van der Waals surface area contributed by atoms with Crippen molar-refractivity contribution in [3.8, 4) is 0 Å². The second-order valence-corrected chi connectivity index (χ2v) is 4.25. The topological polar surface area (TPSA) is 67.6 Å². The molecule has 1 aromatic rings. The first-order valence-corrected chi connectivity index (χ1v) is 5.96. The lowest BCUT2D eigenvalue weighted by molar-refractivity contribution is -0.384. The fraction of sp³-hybridized carbons (Fsp3) is 0.500. The molecule has 0 aliphatic carbocycles. The summed E-state index contributed by atoms with van der Waals surface area (Å²) < 4.78 is 5.29. The predicted molar refractivity (Wildman–Crippen MR) is 68.7 cm³/mol. The van der Waals surface area contributed by atoms with Gasteiger partial charge in [0, 0.05) is 32.7 Å². The van der Waals surface area contributed by atoms with Gasteiger partial charge in [0.2, 0.25) is 0 Å². The van der Waals surface area contributed by atoms with Crippen LogP contribution in [-0.2, 0) is 11.3 Å². The summed E-state index contributed by atoms with van der Waals surface area (Å²) in [5, 5.41) is 13.7. The first-order valence-electron chi connectivity index (χ1n) is 5.96. The molecule has 0 bridgehead atoms. The molecule has 1 aliphatic heterocycles. The molecule has 0 amide bonds. The third-order valence-corrected chi connectivity index (χ3v) is 3.04. The standard InChI is InChI=1S/C12H17N3O3/c1-13-11-8-10(2-3-12(11)15(16)17)9-14-4-6-18-7-5-14/h2-3,8,13H,4-7,9H2,1H3. The highest BCUT2D eigenvalue weighted by Gasteiger charge is 2.15. The number of ether oxygens (including phenoxy) is 1. The van der Waals surface area contributed by atoms with Gasteiger partial charge in [0.25, 0.3) is 5.69 Å². The number of morpholine rings is 1. The maximum absolute atomic E-state index is 10.8. The van der Waals surface area contributed by atoms with Crippen molar-refractivity contribution in [1.82, 2.24) is 4.90 Å². The van der Waals surface area contributed by atoms with Crippen molar-refractivity contribution >= 4 is 11.4 Å². The largest absolute Gasteiger partial charge is 0.383 e. The van der Waals surface area contributed by atoms with Crippen molar-refractivity contribution in [2.45, 2.75) is 6.54 Å². The lowest BCUT2D eigenvalue weighted by atomic mass is 10.1. The van der Waals surface area contributed by atoms with Crippen LogP contribution in [0.4, 0.5) is 11.4 Å². The molecule has 18 heavy (non-hydrogen) atoms. The van der Waals surface area contributed by atoms with Gasteiger partial charge in [-0.15, -0.1) is 0 Å². The molecule has 1 aromatic carbocycles. The Labute approximate surface area is 106 Å². The number of nitrogens with one attached hydrogen (secondary N) is 1. The summed E-state index contributed by atoms with van der Waals surface area (Å²) in [6.07, 6.45) is 0. The highest BCUT2D eigenvalue weighted by atomic mass is 16.6. The van der Waals surface area contributed by atoms with Gasteiger partial charge in [0.05, 0.1) is 18.1 Å². The second-order valence-electron chi connectivity index (χ2n) is 4.25. The van der Waals surface area contributed by atoms with Gasteiger partial charge in [-0.25, -0.2) is 0 Å². The van der Waals surface area contributed by atoms with Crippen LogP contribution in [0.1, 0.15) is 5.56 Å². The predicted octanol–water partition coefficient (Wildman–Crippen LogP) is 1.47. The van der Waals surface area contributed by atoms with E-state index in [1.54, 1.807) is 13.1 Å². The van der Waals surface area contributed by atoms with E-state index in [-0.39, 0.29) is 10.6 Å². The molecule has 0 spiro atoms.